The number of ether oxygens (including phenoxy) is 2. The number of hydrogen-bond donors (Lipinski definition) is 2. The Balaban J connectivity index is 1.38. The average Bonchev–Trinajstić information content (AvgIpc) is 2.84. The van der Waals surface area contributed by atoms with Crippen molar-refractivity contribution >= 4 is 34.8 Å². The number of esters is 1. The molecule has 0 fully saturated rings. The summed E-state index contributed by atoms with van der Waals surface area (Å²) >= 11 is 0. The number of nitrogens with zero attached hydrogens (tertiary/aromatic N) is 1. The van der Waals surface area contributed by atoms with Crippen molar-refractivity contribution in [1.82, 2.24) is 0 Å². The fourth-order valence-corrected chi connectivity index (χ4v) is 2.97. The third-order valence-corrected chi connectivity index (χ3v) is 4.73. The highest BCUT2D eigenvalue weighted by molar-refractivity contribution is 5.94. The lowest BCUT2D eigenvalue weighted by molar-refractivity contribution is -0.385. The highest BCUT2D eigenvalue weighted by atomic mass is 16.6. The molecule has 0 saturated heterocycles. The van der Waals surface area contributed by atoms with Crippen LogP contribution in [0.25, 0.3) is 0 Å². The first-order chi connectivity index (χ1) is 16.8. The van der Waals surface area contributed by atoms with Gasteiger partial charge in [0.2, 0.25) is 5.91 Å². The zero-order valence-electron chi connectivity index (χ0n) is 18.9. The molecule has 0 saturated carbocycles. The van der Waals surface area contributed by atoms with Crippen molar-refractivity contribution in [3.63, 3.8) is 0 Å². The molecular weight excluding hydrogens is 454 g/mol. The Kier molecular flexibility index (Phi) is 8.49. The van der Waals surface area contributed by atoms with Gasteiger partial charge in [-0.25, -0.2) is 0 Å². The molecule has 0 aromatic heterocycles. The summed E-state index contributed by atoms with van der Waals surface area (Å²) in [5.74, 6) is -0.474. The van der Waals surface area contributed by atoms with Crippen LogP contribution in [0.5, 0.6) is 11.5 Å². The van der Waals surface area contributed by atoms with Crippen LogP contribution in [0.4, 0.5) is 17.1 Å². The van der Waals surface area contributed by atoms with E-state index >= 15 is 0 Å². The summed E-state index contributed by atoms with van der Waals surface area (Å²) in [6, 6.07) is 20.3. The number of para-hydroxylation sites is 1. The lowest BCUT2D eigenvalue weighted by Crippen LogP contribution is -2.21. The summed E-state index contributed by atoms with van der Waals surface area (Å²) in [6.45, 7) is 1.00. The predicted molar refractivity (Wildman–Crippen MR) is 128 cm³/mol. The summed E-state index contributed by atoms with van der Waals surface area (Å²) in [4.78, 5) is 46.4. The van der Waals surface area contributed by atoms with E-state index in [0.29, 0.717) is 22.7 Å². The molecule has 0 spiro atoms. The van der Waals surface area contributed by atoms with E-state index in [4.69, 9.17) is 9.47 Å². The predicted octanol–water partition coefficient (Wildman–Crippen LogP) is 4.60. The Hall–Kier alpha value is -4.73. The first kappa shape index (κ1) is 24.9. The van der Waals surface area contributed by atoms with Gasteiger partial charge in [-0.1, -0.05) is 24.3 Å². The van der Waals surface area contributed by atoms with Crippen LogP contribution in [0.15, 0.2) is 72.8 Å². The number of nitro benzene ring substituents is 1. The van der Waals surface area contributed by atoms with Gasteiger partial charge in [0.05, 0.1) is 11.3 Å². The topological polar surface area (TPSA) is 137 Å². The number of anilines is 2. The number of amides is 2. The largest absolute Gasteiger partial charge is 0.457 e. The smallest absolute Gasteiger partial charge is 0.306 e. The number of hydrogen-bond acceptors (Lipinski definition) is 7. The lowest BCUT2D eigenvalue weighted by Gasteiger charge is -2.09. The second kappa shape index (κ2) is 11.9. The van der Waals surface area contributed by atoms with Crippen molar-refractivity contribution in [1.29, 1.82) is 0 Å². The molecule has 10 heteroatoms. The van der Waals surface area contributed by atoms with Crippen molar-refractivity contribution in [3.05, 3.63) is 88.5 Å². The number of nitro groups is 1. The Morgan fingerprint density at radius 1 is 0.829 bits per heavy atom. The second-order valence-electron chi connectivity index (χ2n) is 7.45. The summed E-state index contributed by atoms with van der Waals surface area (Å²) in [7, 11) is 0. The van der Waals surface area contributed by atoms with E-state index in [1.54, 1.807) is 31.2 Å². The zero-order valence-corrected chi connectivity index (χ0v) is 18.9. The first-order valence-corrected chi connectivity index (χ1v) is 10.6. The summed E-state index contributed by atoms with van der Waals surface area (Å²) in [5, 5.41) is 16.1. The highest BCUT2D eigenvalue weighted by Gasteiger charge is 2.14. The van der Waals surface area contributed by atoms with Crippen LogP contribution in [0.3, 0.4) is 0 Å². The zero-order chi connectivity index (χ0) is 25.2. The highest BCUT2D eigenvalue weighted by Crippen LogP contribution is 2.23. The quantitative estimate of drug-likeness (QED) is 0.247. The molecule has 0 radical (unpaired) electrons. The third-order valence-electron chi connectivity index (χ3n) is 4.73. The van der Waals surface area contributed by atoms with Crippen LogP contribution in [-0.2, 0) is 19.1 Å². The maximum atomic E-state index is 12.1. The van der Waals surface area contributed by atoms with E-state index in [0.717, 1.165) is 0 Å². The van der Waals surface area contributed by atoms with Gasteiger partial charge in [-0.15, -0.1) is 0 Å². The van der Waals surface area contributed by atoms with Crippen LogP contribution < -0.4 is 15.4 Å². The normalized spacial score (nSPS) is 10.2. The molecule has 10 nitrogen and oxygen atoms in total. The van der Waals surface area contributed by atoms with Gasteiger partial charge < -0.3 is 20.1 Å². The van der Waals surface area contributed by atoms with E-state index in [1.165, 1.54) is 18.2 Å². The number of aryl methyl sites for hydroxylation is 1. The fraction of sp³-hybridized carbons (Fsp3) is 0.160. The van der Waals surface area contributed by atoms with Crippen molar-refractivity contribution < 1.29 is 28.8 Å². The number of nitrogens with one attached hydrogen (secondary N) is 2. The van der Waals surface area contributed by atoms with Crippen LogP contribution in [0, 0.1) is 17.0 Å². The standard InChI is InChI=1S/C25H23N3O7/c1-17-7-8-19(15-22(17)28(32)33)27-24(30)16-34-25(31)14-13-23(29)26-18-9-11-21(12-10-18)35-20-5-3-2-4-6-20/h2-12,15H,13-14,16H2,1H3,(H,26,29)(H,27,30). The summed E-state index contributed by atoms with van der Waals surface area (Å²) in [5.41, 5.74) is 1.07. The van der Waals surface area contributed by atoms with Gasteiger partial charge in [-0.3, -0.25) is 24.5 Å². The van der Waals surface area contributed by atoms with Crippen molar-refractivity contribution in [2.75, 3.05) is 17.2 Å². The molecule has 0 atom stereocenters. The van der Waals surface area contributed by atoms with Gasteiger partial charge in [-0.2, -0.15) is 0 Å². The molecule has 0 heterocycles. The minimum Gasteiger partial charge on any atom is -0.457 e. The SMILES string of the molecule is Cc1ccc(NC(=O)COC(=O)CCC(=O)Nc2ccc(Oc3ccccc3)cc2)cc1[N+](=O)[O-]. The molecule has 3 rings (SSSR count). The summed E-state index contributed by atoms with van der Waals surface area (Å²) < 4.78 is 10.6. The van der Waals surface area contributed by atoms with Gasteiger partial charge in [0, 0.05) is 29.4 Å². The van der Waals surface area contributed by atoms with E-state index < -0.39 is 29.3 Å². The lowest BCUT2D eigenvalue weighted by atomic mass is 10.2. The van der Waals surface area contributed by atoms with E-state index in [-0.39, 0.29) is 24.2 Å². The van der Waals surface area contributed by atoms with E-state index in [2.05, 4.69) is 10.6 Å². The third kappa shape index (κ3) is 7.97. The molecule has 3 aromatic carbocycles. The molecule has 0 unspecified atom stereocenters. The molecule has 3 aromatic rings. The van der Waals surface area contributed by atoms with Crippen molar-refractivity contribution in [2.45, 2.75) is 19.8 Å². The second-order valence-corrected chi connectivity index (χ2v) is 7.45. The van der Waals surface area contributed by atoms with Gasteiger partial charge in [0.25, 0.3) is 11.6 Å². The van der Waals surface area contributed by atoms with Crippen LogP contribution >= 0.6 is 0 Å². The molecule has 180 valence electrons. The Morgan fingerprint density at radius 3 is 2.14 bits per heavy atom. The Bertz CT molecular complexity index is 1210. The fourth-order valence-electron chi connectivity index (χ4n) is 2.97. The first-order valence-electron chi connectivity index (χ1n) is 10.6. The number of rotatable bonds is 10. The molecule has 2 amide bonds. The monoisotopic (exact) mass is 477 g/mol. The van der Waals surface area contributed by atoms with Crippen molar-refractivity contribution in [2.24, 2.45) is 0 Å². The van der Waals surface area contributed by atoms with E-state index in [9.17, 15) is 24.5 Å². The van der Waals surface area contributed by atoms with Gasteiger partial charge in [0.15, 0.2) is 6.61 Å². The molecule has 0 aliphatic heterocycles. The maximum Gasteiger partial charge on any atom is 0.306 e. The van der Waals surface area contributed by atoms with Crippen LogP contribution in [0.2, 0.25) is 0 Å². The minimum absolute atomic E-state index is 0.132. The van der Waals surface area contributed by atoms with Gasteiger partial charge in [0.1, 0.15) is 11.5 Å². The van der Waals surface area contributed by atoms with Gasteiger partial charge in [-0.05, 0) is 49.4 Å². The maximum absolute atomic E-state index is 12.1. The average molecular weight is 477 g/mol. The molecular formula is C25H23N3O7. The molecule has 2 N–H and O–H groups in total. The number of carbonyl (C=O) groups excluding carboxylic acids is 3. The molecule has 0 aliphatic rings. The Labute approximate surface area is 201 Å². The molecule has 0 aliphatic carbocycles. The van der Waals surface area contributed by atoms with Crippen LogP contribution in [-0.4, -0.2) is 29.3 Å². The number of carbonyl (C=O) groups is 3. The van der Waals surface area contributed by atoms with Crippen LogP contribution in [0.1, 0.15) is 18.4 Å². The van der Waals surface area contributed by atoms with E-state index in [1.807, 2.05) is 30.3 Å². The number of benzene rings is 3. The molecule has 35 heavy (non-hydrogen) atoms. The van der Waals surface area contributed by atoms with Crippen molar-refractivity contribution in [3.8, 4) is 11.5 Å². The Morgan fingerprint density at radius 2 is 1.46 bits per heavy atom. The van der Waals surface area contributed by atoms with Gasteiger partial charge >= 0.3 is 5.97 Å². The minimum atomic E-state index is -0.725. The molecule has 0 bridgehead atoms. The summed E-state index contributed by atoms with van der Waals surface area (Å²) in [6.07, 6.45) is -0.350.